The lowest BCUT2D eigenvalue weighted by molar-refractivity contribution is 0.493. The van der Waals surface area contributed by atoms with Crippen LogP contribution in [0.5, 0.6) is 0 Å². The maximum atomic E-state index is 5.82. The second kappa shape index (κ2) is 11.0. The van der Waals surface area contributed by atoms with E-state index in [1.165, 1.54) is 12.8 Å². The van der Waals surface area contributed by atoms with E-state index in [0.29, 0.717) is 12.0 Å². The predicted molar refractivity (Wildman–Crippen MR) is 80.5 cm³/mol. The minimum absolute atomic E-state index is 0.401. The van der Waals surface area contributed by atoms with Gasteiger partial charge >= 0.3 is 0 Å². The first kappa shape index (κ1) is 16.8. The minimum Gasteiger partial charge on any atom is -0.370 e. The van der Waals surface area contributed by atoms with Crippen LogP contribution in [0.1, 0.15) is 59.3 Å². The van der Waals surface area contributed by atoms with Crippen LogP contribution in [0.3, 0.4) is 0 Å². The molecule has 3 N–H and O–H groups in total. The molecule has 0 aromatic heterocycles. The van der Waals surface area contributed by atoms with Crippen LogP contribution in [0.2, 0.25) is 0 Å². The highest BCUT2D eigenvalue weighted by Gasteiger charge is 2.03. The van der Waals surface area contributed by atoms with Gasteiger partial charge in [-0.3, -0.25) is 4.99 Å². The van der Waals surface area contributed by atoms with Crippen molar-refractivity contribution in [1.82, 2.24) is 5.32 Å². The second-order valence-corrected chi connectivity index (χ2v) is 5.30. The molecule has 1 atom stereocenters. The first-order valence-electron chi connectivity index (χ1n) is 7.06. The van der Waals surface area contributed by atoms with Gasteiger partial charge in [-0.15, -0.1) is 12.3 Å². The number of aliphatic imine (C=N–C) groups is 1. The van der Waals surface area contributed by atoms with Crippen LogP contribution in [-0.4, -0.2) is 18.5 Å². The van der Waals surface area contributed by atoms with Gasteiger partial charge in [-0.1, -0.05) is 26.7 Å². The lowest BCUT2D eigenvalue weighted by Crippen LogP contribution is -2.38. The number of nitrogens with two attached hydrogens (primary N) is 1. The van der Waals surface area contributed by atoms with Crippen LogP contribution in [-0.2, 0) is 0 Å². The Bertz CT molecular complexity index is 263. The third kappa shape index (κ3) is 11.3. The summed E-state index contributed by atoms with van der Waals surface area (Å²) in [4.78, 5) is 4.29. The van der Waals surface area contributed by atoms with Gasteiger partial charge in [0.2, 0.25) is 0 Å². The third-order valence-corrected chi connectivity index (χ3v) is 2.82. The number of nitrogens with zero attached hydrogens (tertiary/aromatic N) is 1. The average molecular weight is 251 g/mol. The molecule has 0 aromatic rings. The molecule has 18 heavy (non-hydrogen) atoms. The van der Waals surface area contributed by atoms with Crippen LogP contribution in [0.4, 0.5) is 0 Å². The Morgan fingerprint density at radius 1 is 1.22 bits per heavy atom. The van der Waals surface area contributed by atoms with Crippen molar-refractivity contribution in [2.24, 2.45) is 16.6 Å². The largest absolute Gasteiger partial charge is 0.370 e. The molecule has 0 bridgehead atoms. The van der Waals surface area contributed by atoms with E-state index in [0.717, 1.165) is 38.1 Å². The zero-order valence-electron chi connectivity index (χ0n) is 12.2. The first-order chi connectivity index (χ1) is 8.56. The molecule has 0 saturated heterocycles. The monoisotopic (exact) mass is 251 g/mol. The number of guanidine groups is 1. The van der Waals surface area contributed by atoms with Crippen molar-refractivity contribution in [3.63, 3.8) is 0 Å². The molecule has 0 heterocycles. The summed E-state index contributed by atoms with van der Waals surface area (Å²) in [5.41, 5.74) is 5.82. The fourth-order valence-electron chi connectivity index (χ4n) is 1.74. The molecular weight excluding hydrogens is 222 g/mol. The number of rotatable bonds is 9. The van der Waals surface area contributed by atoms with E-state index in [2.05, 4.69) is 37.0 Å². The molecule has 0 radical (unpaired) electrons. The summed E-state index contributed by atoms with van der Waals surface area (Å²) in [5, 5.41) is 3.23. The van der Waals surface area contributed by atoms with Crippen molar-refractivity contribution < 1.29 is 0 Å². The Balaban J connectivity index is 3.62. The fourth-order valence-corrected chi connectivity index (χ4v) is 1.74. The zero-order chi connectivity index (χ0) is 13.8. The summed E-state index contributed by atoms with van der Waals surface area (Å²) in [6, 6.07) is 0.401. The zero-order valence-corrected chi connectivity index (χ0v) is 12.2. The summed E-state index contributed by atoms with van der Waals surface area (Å²) >= 11 is 0. The highest BCUT2D eigenvalue weighted by Crippen LogP contribution is 2.07. The quantitative estimate of drug-likeness (QED) is 0.286. The van der Waals surface area contributed by atoms with Crippen LogP contribution in [0, 0.1) is 18.3 Å². The van der Waals surface area contributed by atoms with Crippen molar-refractivity contribution in [2.45, 2.75) is 65.3 Å². The van der Waals surface area contributed by atoms with Gasteiger partial charge in [-0.2, -0.15) is 0 Å². The normalized spacial score (nSPS) is 13.4. The highest BCUT2D eigenvalue weighted by atomic mass is 15.1. The average Bonchev–Trinajstić information content (AvgIpc) is 2.28. The summed E-state index contributed by atoms with van der Waals surface area (Å²) in [5.74, 6) is 3.96. The van der Waals surface area contributed by atoms with E-state index in [4.69, 9.17) is 12.2 Å². The van der Waals surface area contributed by atoms with Crippen molar-refractivity contribution in [2.75, 3.05) is 6.54 Å². The van der Waals surface area contributed by atoms with Crippen molar-refractivity contribution in [3.8, 4) is 12.3 Å². The number of terminal acetylenes is 1. The van der Waals surface area contributed by atoms with E-state index in [1.807, 2.05) is 0 Å². The molecule has 0 aliphatic carbocycles. The maximum absolute atomic E-state index is 5.82. The number of unbranched alkanes of at least 4 members (excludes halogenated alkanes) is 2. The van der Waals surface area contributed by atoms with Crippen molar-refractivity contribution >= 4 is 5.96 Å². The Morgan fingerprint density at radius 3 is 2.56 bits per heavy atom. The molecule has 3 nitrogen and oxygen atoms in total. The van der Waals surface area contributed by atoms with E-state index < -0.39 is 0 Å². The number of hydrogen-bond acceptors (Lipinski definition) is 1. The molecule has 0 aromatic carbocycles. The first-order valence-corrected chi connectivity index (χ1v) is 7.06. The van der Waals surface area contributed by atoms with Crippen LogP contribution in [0.25, 0.3) is 0 Å². The fraction of sp³-hybridized carbons (Fsp3) is 0.800. The van der Waals surface area contributed by atoms with Gasteiger partial charge in [0.25, 0.3) is 0 Å². The Labute approximate surface area is 113 Å². The molecule has 0 spiro atoms. The van der Waals surface area contributed by atoms with Gasteiger partial charge in [0.1, 0.15) is 0 Å². The molecule has 0 rings (SSSR count). The minimum atomic E-state index is 0.401. The molecule has 0 amide bonds. The predicted octanol–water partition coefficient (Wildman–Crippen LogP) is 2.91. The molecule has 3 heteroatoms. The lowest BCUT2D eigenvalue weighted by atomic mass is 10.0. The van der Waals surface area contributed by atoms with Gasteiger partial charge in [0.15, 0.2) is 5.96 Å². The second-order valence-electron chi connectivity index (χ2n) is 5.30. The van der Waals surface area contributed by atoms with Crippen molar-refractivity contribution in [1.29, 1.82) is 0 Å². The number of hydrogen-bond donors (Lipinski definition) is 2. The summed E-state index contributed by atoms with van der Waals surface area (Å²) in [6.45, 7) is 7.43. The van der Waals surface area contributed by atoms with E-state index in [-0.39, 0.29) is 0 Å². The Morgan fingerprint density at radius 2 is 1.94 bits per heavy atom. The molecule has 0 fully saturated rings. The van der Waals surface area contributed by atoms with E-state index >= 15 is 0 Å². The highest BCUT2D eigenvalue weighted by molar-refractivity contribution is 5.78. The van der Waals surface area contributed by atoms with Gasteiger partial charge in [0.05, 0.1) is 0 Å². The molecule has 0 saturated carbocycles. The number of nitrogens with one attached hydrogen (secondary N) is 1. The molecule has 104 valence electrons. The molecular formula is C15H29N3. The SMILES string of the molecule is C#CCCCCN=C(N)NC(C)CCCC(C)C. The van der Waals surface area contributed by atoms with Crippen LogP contribution >= 0.6 is 0 Å². The summed E-state index contributed by atoms with van der Waals surface area (Å²) in [7, 11) is 0. The van der Waals surface area contributed by atoms with Gasteiger partial charge in [-0.05, 0) is 32.1 Å². The Hall–Kier alpha value is -1.17. The topological polar surface area (TPSA) is 50.4 Å². The third-order valence-electron chi connectivity index (χ3n) is 2.82. The smallest absolute Gasteiger partial charge is 0.188 e. The van der Waals surface area contributed by atoms with Gasteiger partial charge in [0, 0.05) is 19.0 Å². The van der Waals surface area contributed by atoms with Crippen molar-refractivity contribution in [3.05, 3.63) is 0 Å². The Kier molecular flexibility index (Phi) is 10.2. The van der Waals surface area contributed by atoms with Crippen LogP contribution < -0.4 is 11.1 Å². The molecule has 0 aliphatic rings. The molecule has 1 unspecified atom stereocenters. The van der Waals surface area contributed by atoms with E-state index in [9.17, 15) is 0 Å². The van der Waals surface area contributed by atoms with Gasteiger partial charge < -0.3 is 11.1 Å². The maximum Gasteiger partial charge on any atom is 0.188 e. The lowest BCUT2D eigenvalue weighted by Gasteiger charge is -2.15. The summed E-state index contributed by atoms with van der Waals surface area (Å²) < 4.78 is 0. The standard InChI is InChI=1S/C15H29N3/c1-5-6-7-8-12-17-15(16)18-14(4)11-9-10-13(2)3/h1,13-14H,6-12H2,2-4H3,(H3,16,17,18). The van der Waals surface area contributed by atoms with Gasteiger partial charge in [-0.25, -0.2) is 0 Å². The van der Waals surface area contributed by atoms with E-state index in [1.54, 1.807) is 0 Å². The summed E-state index contributed by atoms with van der Waals surface area (Å²) in [6.07, 6.45) is 11.7. The molecule has 0 aliphatic heterocycles. The van der Waals surface area contributed by atoms with Crippen LogP contribution in [0.15, 0.2) is 4.99 Å².